The van der Waals surface area contributed by atoms with E-state index < -0.39 is 0 Å². The Hall–Kier alpha value is -0.770. The van der Waals surface area contributed by atoms with Crippen molar-refractivity contribution in [3.05, 3.63) is 0 Å². The number of rotatable bonds is 1. The summed E-state index contributed by atoms with van der Waals surface area (Å²) < 4.78 is 5.70. The van der Waals surface area contributed by atoms with Crippen molar-refractivity contribution < 1.29 is 9.53 Å². The van der Waals surface area contributed by atoms with E-state index in [1.54, 1.807) is 0 Å². The number of ether oxygens (including phenoxy) is 1. The highest BCUT2D eigenvalue weighted by Crippen LogP contribution is 2.65. The Morgan fingerprint density at radius 1 is 1.24 bits per heavy atom. The molecule has 1 N–H and O–H groups in total. The van der Waals surface area contributed by atoms with Crippen LogP contribution in [-0.4, -0.2) is 42.3 Å². The Balaban J connectivity index is 1.67. The molecule has 2 bridgehead atoms. The molecule has 0 aromatic heterocycles. The molecular formula is C17H30N2O2. The van der Waals surface area contributed by atoms with E-state index in [4.69, 9.17) is 4.74 Å². The van der Waals surface area contributed by atoms with Crippen LogP contribution in [0.2, 0.25) is 0 Å². The predicted octanol–water partition coefficient (Wildman–Crippen LogP) is 3.02. The molecule has 3 fully saturated rings. The molecule has 3 unspecified atom stereocenters. The van der Waals surface area contributed by atoms with Crippen LogP contribution in [0.5, 0.6) is 0 Å². The second-order valence-corrected chi connectivity index (χ2v) is 8.64. The maximum absolute atomic E-state index is 12.6. The van der Waals surface area contributed by atoms with Crippen molar-refractivity contribution in [1.82, 2.24) is 10.2 Å². The van der Waals surface area contributed by atoms with E-state index in [0.717, 1.165) is 12.3 Å². The Labute approximate surface area is 128 Å². The van der Waals surface area contributed by atoms with E-state index in [1.807, 2.05) is 18.7 Å². The van der Waals surface area contributed by atoms with Gasteiger partial charge in [0.15, 0.2) is 0 Å². The largest absolute Gasteiger partial charge is 0.372 e. The first-order chi connectivity index (χ1) is 9.66. The lowest BCUT2D eigenvalue weighted by Gasteiger charge is -2.42. The minimum atomic E-state index is -0.229. The summed E-state index contributed by atoms with van der Waals surface area (Å²) in [4.78, 5) is 14.6. The van der Waals surface area contributed by atoms with Crippen LogP contribution >= 0.6 is 0 Å². The summed E-state index contributed by atoms with van der Waals surface area (Å²) in [5, 5.41) is 3.35. The minimum Gasteiger partial charge on any atom is -0.372 e. The van der Waals surface area contributed by atoms with Crippen LogP contribution in [0.3, 0.4) is 0 Å². The van der Waals surface area contributed by atoms with Crippen molar-refractivity contribution in [3.63, 3.8) is 0 Å². The van der Waals surface area contributed by atoms with Gasteiger partial charge in [-0.3, -0.25) is 0 Å². The molecule has 0 aromatic carbocycles. The molecule has 2 amide bonds. The number of nitrogens with zero attached hydrogens (tertiary/aromatic N) is 1. The summed E-state index contributed by atoms with van der Waals surface area (Å²) in [7, 11) is 0. The summed E-state index contributed by atoms with van der Waals surface area (Å²) >= 11 is 0. The fourth-order valence-corrected chi connectivity index (χ4v) is 4.85. The molecule has 3 rings (SSSR count). The summed E-state index contributed by atoms with van der Waals surface area (Å²) in [5.74, 6) is 0.758. The number of hydrogen-bond acceptors (Lipinski definition) is 2. The van der Waals surface area contributed by atoms with Gasteiger partial charge in [-0.2, -0.15) is 0 Å². The number of carbonyl (C=O) groups is 1. The van der Waals surface area contributed by atoms with Gasteiger partial charge in [-0.05, 0) is 49.9 Å². The van der Waals surface area contributed by atoms with E-state index in [-0.39, 0.29) is 17.0 Å². The Bertz CT molecular complexity index is 446. The van der Waals surface area contributed by atoms with Crippen molar-refractivity contribution in [1.29, 1.82) is 0 Å². The Morgan fingerprint density at radius 3 is 2.48 bits per heavy atom. The molecule has 3 aliphatic rings. The van der Waals surface area contributed by atoms with E-state index in [9.17, 15) is 4.79 Å². The van der Waals surface area contributed by atoms with Gasteiger partial charge in [0.1, 0.15) is 0 Å². The van der Waals surface area contributed by atoms with Crippen molar-refractivity contribution in [3.8, 4) is 0 Å². The van der Waals surface area contributed by atoms with Gasteiger partial charge in [-0.1, -0.05) is 20.8 Å². The minimum absolute atomic E-state index is 0.0981. The van der Waals surface area contributed by atoms with Crippen molar-refractivity contribution >= 4 is 6.03 Å². The van der Waals surface area contributed by atoms with E-state index in [2.05, 4.69) is 26.1 Å². The SMILES string of the molecule is CC1(C)CN(C(=O)NC2CC3CCC2(C)C3(C)C)CCO1. The number of nitrogens with one attached hydrogen (secondary N) is 1. The number of fused-ring (bicyclic) bond motifs is 2. The second kappa shape index (κ2) is 4.61. The number of amides is 2. The van der Waals surface area contributed by atoms with Gasteiger partial charge in [0.2, 0.25) is 0 Å². The summed E-state index contributed by atoms with van der Waals surface area (Å²) in [6.45, 7) is 13.2. The van der Waals surface area contributed by atoms with Crippen LogP contribution in [0.1, 0.15) is 53.9 Å². The molecule has 3 atom stereocenters. The number of carbonyl (C=O) groups excluding carboxylic acids is 1. The first kappa shape index (κ1) is 15.1. The van der Waals surface area contributed by atoms with Crippen LogP contribution in [0.4, 0.5) is 4.79 Å². The Morgan fingerprint density at radius 2 is 1.95 bits per heavy atom. The van der Waals surface area contributed by atoms with E-state index in [1.165, 1.54) is 12.8 Å². The van der Waals surface area contributed by atoms with Gasteiger partial charge in [-0.15, -0.1) is 0 Å². The maximum Gasteiger partial charge on any atom is 0.317 e. The monoisotopic (exact) mass is 294 g/mol. The number of urea groups is 1. The third-order valence-electron chi connectivity index (χ3n) is 6.80. The second-order valence-electron chi connectivity index (χ2n) is 8.64. The normalized spacial score (nSPS) is 40.3. The molecular weight excluding hydrogens is 264 g/mol. The lowest BCUT2D eigenvalue weighted by Crippen LogP contribution is -2.57. The average molecular weight is 294 g/mol. The van der Waals surface area contributed by atoms with Crippen LogP contribution in [-0.2, 0) is 4.74 Å². The van der Waals surface area contributed by atoms with Crippen molar-refractivity contribution in [2.45, 2.75) is 65.5 Å². The zero-order valence-corrected chi connectivity index (χ0v) is 14.2. The van der Waals surface area contributed by atoms with E-state index >= 15 is 0 Å². The molecule has 1 heterocycles. The number of morpholine rings is 1. The van der Waals surface area contributed by atoms with Gasteiger partial charge in [0.25, 0.3) is 0 Å². The van der Waals surface area contributed by atoms with Gasteiger partial charge in [-0.25, -0.2) is 4.79 Å². The first-order valence-electron chi connectivity index (χ1n) is 8.35. The molecule has 0 radical (unpaired) electrons. The quantitative estimate of drug-likeness (QED) is 0.807. The zero-order valence-electron chi connectivity index (χ0n) is 14.2. The van der Waals surface area contributed by atoms with Gasteiger partial charge in [0.05, 0.1) is 18.8 Å². The summed E-state index contributed by atoms with van der Waals surface area (Å²) in [5.41, 5.74) is 0.359. The molecule has 2 aliphatic carbocycles. The number of hydrogen-bond donors (Lipinski definition) is 1. The molecule has 120 valence electrons. The fourth-order valence-electron chi connectivity index (χ4n) is 4.85. The topological polar surface area (TPSA) is 41.6 Å². The average Bonchev–Trinajstić information content (AvgIpc) is 2.70. The molecule has 1 saturated heterocycles. The van der Waals surface area contributed by atoms with Crippen LogP contribution in [0.25, 0.3) is 0 Å². The first-order valence-corrected chi connectivity index (χ1v) is 8.35. The third kappa shape index (κ3) is 2.26. The highest BCUT2D eigenvalue weighted by molar-refractivity contribution is 5.75. The lowest BCUT2D eigenvalue weighted by molar-refractivity contribution is -0.0739. The van der Waals surface area contributed by atoms with Gasteiger partial charge in [0, 0.05) is 12.6 Å². The highest BCUT2D eigenvalue weighted by atomic mass is 16.5. The van der Waals surface area contributed by atoms with Gasteiger partial charge < -0.3 is 15.0 Å². The Kier molecular flexibility index (Phi) is 3.32. The lowest BCUT2D eigenvalue weighted by atomic mass is 9.69. The summed E-state index contributed by atoms with van der Waals surface area (Å²) in [6, 6.07) is 0.422. The molecule has 0 aromatic rings. The smallest absolute Gasteiger partial charge is 0.317 e. The van der Waals surface area contributed by atoms with Crippen molar-refractivity contribution in [2.24, 2.45) is 16.7 Å². The van der Waals surface area contributed by atoms with Gasteiger partial charge >= 0.3 is 6.03 Å². The van der Waals surface area contributed by atoms with E-state index in [0.29, 0.717) is 31.2 Å². The molecule has 0 spiro atoms. The summed E-state index contributed by atoms with van der Waals surface area (Å²) in [6.07, 6.45) is 3.70. The molecule has 4 heteroatoms. The van der Waals surface area contributed by atoms with Crippen molar-refractivity contribution in [2.75, 3.05) is 19.7 Å². The predicted molar refractivity (Wildman–Crippen MR) is 83.2 cm³/mol. The molecule has 1 aliphatic heterocycles. The fraction of sp³-hybridized carbons (Fsp3) is 0.941. The highest BCUT2D eigenvalue weighted by Gasteiger charge is 2.61. The van der Waals surface area contributed by atoms with Crippen LogP contribution in [0, 0.1) is 16.7 Å². The molecule has 4 nitrogen and oxygen atoms in total. The third-order valence-corrected chi connectivity index (χ3v) is 6.80. The maximum atomic E-state index is 12.6. The molecule has 2 saturated carbocycles. The molecule has 21 heavy (non-hydrogen) atoms. The van der Waals surface area contributed by atoms with Crippen LogP contribution < -0.4 is 5.32 Å². The zero-order chi connectivity index (χ0) is 15.5. The van der Waals surface area contributed by atoms with Crippen LogP contribution in [0.15, 0.2) is 0 Å². The standard InChI is InChI=1S/C17H30N2O2/c1-15(2)11-19(8-9-21-15)14(20)18-13-10-12-6-7-17(13,5)16(12,3)4/h12-13H,6-11H2,1-5H3,(H,18,20).